The average Bonchev–Trinajstić information content (AvgIpc) is 2.29. The summed E-state index contributed by atoms with van der Waals surface area (Å²) in [7, 11) is 1.48. The summed E-state index contributed by atoms with van der Waals surface area (Å²) in [5.74, 6) is 5.62. The second-order valence-corrected chi connectivity index (χ2v) is 3.37. The third-order valence-corrected chi connectivity index (χ3v) is 2.03. The van der Waals surface area contributed by atoms with E-state index < -0.39 is 5.97 Å². The molecular formula is C12H11ClO3. The Morgan fingerprint density at radius 1 is 1.50 bits per heavy atom. The van der Waals surface area contributed by atoms with Crippen LogP contribution in [0.25, 0.3) is 0 Å². The molecule has 0 heterocycles. The average molecular weight is 239 g/mol. The first-order valence-electron chi connectivity index (χ1n) is 4.64. The number of hydrogen-bond acceptors (Lipinski definition) is 2. The highest BCUT2D eigenvalue weighted by atomic mass is 35.5. The Morgan fingerprint density at radius 3 is 2.81 bits per heavy atom. The van der Waals surface area contributed by atoms with E-state index >= 15 is 0 Å². The fourth-order valence-electron chi connectivity index (χ4n) is 1.12. The summed E-state index contributed by atoms with van der Waals surface area (Å²) in [4.78, 5) is 10.8. The molecule has 0 spiro atoms. The van der Waals surface area contributed by atoms with Gasteiger partial charge in [0.2, 0.25) is 0 Å². The molecule has 0 bridgehead atoms. The highest BCUT2D eigenvalue weighted by Gasteiger charge is 2.06. The number of rotatable bonds is 3. The molecule has 16 heavy (non-hydrogen) atoms. The quantitative estimate of drug-likeness (QED) is 0.650. The molecule has 0 atom stereocenters. The molecule has 0 aliphatic carbocycles. The van der Waals surface area contributed by atoms with Crippen LogP contribution in [-0.2, 0) is 0 Å². The molecule has 84 valence electrons. The fourth-order valence-corrected chi connectivity index (χ4v) is 1.22. The van der Waals surface area contributed by atoms with Gasteiger partial charge < -0.3 is 9.84 Å². The molecule has 1 aromatic rings. The highest BCUT2D eigenvalue weighted by Crippen LogP contribution is 2.16. The second-order valence-electron chi connectivity index (χ2n) is 3.00. The lowest BCUT2D eigenvalue weighted by molar-refractivity contribution is 0.0696. The lowest BCUT2D eigenvalue weighted by Gasteiger charge is -2.02. The van der Waals surface area contributed by atoms with E-state index in [1.165, 1.54) is 19.2 Å². The van der Waals surface area contributed by atoms with E-state index in [1.54, 1.807) is 6.07 Å². The maximum absolute atomic E-state index is 10.8. The third-order valence-electron chi connectivity index (χ3n) is 1.84. The largest absolute Gasteiger partial charge is 0.497 e. The molecule has 4 heteroatoms. The zero-order valence-corrected chi connectivity index (χ0v) is 9.54. The van der Waals surface area contributed by atoms with E-state index in [0.29, 0.717) is 23.6 Å². The standard InChI is InChI=1S/C12H11ClO3/c1-16-11-7-9(4-2-3-5-13)6-10(8-11)12(14)15/h6-8H,3,5H2,1H3,(H,14,15). The van der Waals surface area contributed by atoms with Crippen molar-refractivity contribution in [2.45, 2.75) is 6.42 Å². The van der Waals surface area contributed by atoms with Gasteiger partial charge in [-0.25, -0.2) is 4.79 Å². The maximum Gasteiger partial charge on any atom is 0.335 e. The van der Waals surface area contributed by atoms with Gasteiger partial charge in [0.25, 0.3) is 0 Å². The monoisotopic (exact) mass is 238 g/mol. The number of aromatic carboxylic acids is 1. The molecule has 0 aliphatic rings. The van der Waals surface area contributed by atoms with Gasteiger partial charge in [0.15, 0.2) is 0 Å². The van der Waals surface area contributed by atoms with Crippen LogP contribution in [0.4, 0.5) is 0 Å². The summed E-state index contributed by atoms with van der Waals surface area (Å²) in [5, 5.41) is 8.88. The van der Waals surface area contributed by atoms with Crippen LogP contribution in [0.1, 0.15) is 22.3 Å². The number of halogens is 1. The zero-order valence-electron chi connectivity index (χ0n) is 8.79. The van der Waals surface area contributed by atoms with Crippen molar-refractivity contribution in [3.63, 3.8) is 0 Å². The number of benzene rings is 1. The van der Waals surface area contributed by atoms with Crippen LogP contribution < -0.4 is 4.74 Å². The molecule has 1 aromatic carbocycles. The molecule has 0 saturated carbocycles. The van der Waals surface area contributed by atoms with Crippen molar-refractivity contribution in [1.82, 2.24) is 0 Å². The first-order valence-corrected chi connectivity index (χ1v) is 5.18. The normalized spacial score (nSPS) is 9.12. The van der Waals surface area contributed by atoms with Gasteiger partial charge in [-0.15, -0.1) is 11.6 Å². The maximum atomic E-state index is 10.8. The lowest BCUT2D eigenvalue weighted by atomic mass is 10.1. The van der Waals surface area contributed by atoms with Gasteiger partial charge in [-0.2, -0.15) is 0 Å². The smallest absolute Gasteiger partial charge is 0.335 e. The number of hydrogen-bond donors (Lipinski definition) is 1. The number of methoxy groups -OCH3 is 1. The summed E-state index contributed by atoms with van der Waals surface area (Å²) in [5.41, 5.74) is 0.774. The Hall–Kier alpha value is -1.66. The number of carboxylic acids is 1. The van der Waals surface area contributed by atoms with E-state index in [9.17, 15) is 4.79 Å². The highest BCUT2D eigenvalue weighted by molar-refractivity contribution is 6.18. The van der Waals surface area contributed by atoms with Crippen LogP contribution in [0, 0.1) is 11.8 Å². The van der Waals surface area contributed by atoms with E-state index in [0.717, 1.165) is 0 Å². The predicted octanol–water partition coefficient (Wildman–Crippen LogP) is 2.37. The molecule has 0 aliphatic heterocycles. The first-order chi connectivity index (χ1) is 7.67. The van der Waals surface area contributed by atoms with Gasteiger partial charge in [0.1, 0.15) is 5.75 Å². The van der Waals surface area contributed by atoms with E-state index in [2.05, 4.69) is 11.8 Å². The third kappa shape index (κ3) is 3.48. The molecule has 1 rings (SSSR count). The van der Waals surface area contributed by atoms with Crippen LogP contribution in [0.5, 0.6) is 5.75 Å². The second kappa shape index (κ2) is 6.04. The zero-order chi connectivity index (χ0) is 12.0. The van der Waals surface area contributed by atoms with Crippen molar-refractivity contribution in [1.29, 1.82) is 0 Å². The lowest BCUT2D eigenvalue weighted by Crippen LogP contribution is -1.98. The Kier molecular flexibility index (Phi) is 4.68. The van der Waals surface area contributed by atoms with Crippen LogP contribution in [0.2, 0.25) is 0 Å². The molecule has 3 nitrogen and oxygen atoms in total. The van der Waals surface area contributed by atoms with Crippen LogP contribution >= 0.6 is 11.6 Å². The SMILES string of the molecule is COc1cc(C#CCCCl)cc(C(=O)O)c1. The topological polar surface area (TPSA) is 46.5 Å². The Bertz CT molecular complexity index is 443. The summed E-state index contributed by atoms with van der Waals surface area (Å²) >= 11 is 5.49. The molecule has 1 N–H and O–H groups in total. The van der Waals surface area contributed by atoms with Crippen molar-refractivity contribution in [3.05, 3.63) is 29.3 Å². The van der Waals surface area contributed by atoms with Gasteiger partial charge in [0, 0.05) is 17.9 Å². The van der Waals surface area contributed by atoms with E-state index in [1.807, 2.05) is 0 Å². The molecule has 0 aromatic heterocycles. The molecule has 0 radical (unpaired) electrons. The summed E-state index contributed by atoms with van der Waals surface area (Å²) in [6, 6.07) is 4.65. The summed E-state index contributed by atoms with van der Waals surface area (Å²) in [6.07, 6.45) is 0.571. The number of alkyl halides is 1. The van der Waals surface area contributed by atoms with E-state index in [4.69, 9.17) is 21.4 Å². The first kappa shape index (κ1) is 12.4. The minimum absolute atomic E-state index is 0.162. The number of carbonyl (C=O) groups is 1. The van der Waals surface area contributed by atoms with Gasteiger partial charge in [0.05, 0.1) is 12.7 Å². The number of carboxylic acid groups (broad SMARTS) is 1. The van der Waals surface area contributed by atoms with Gasteiger partial charge >= 0.3 is 5.97 Å². The van der Waals surface area contributed by atoms with Gasteiger partial charge in [-0.3, -0.25) is 0 Å². The van der Waals surface area contributed by atoms with Crippen molar-refractivity contribution >= 4 is 17.6 Å². The Balaban J connectivity index is 3.06. The minimum atomic E-state index is -1.00. The molecule has 0 unspecified atom stereocenters. The number of ether oxygens (including phenoxy) is 1. The predicted molar refractivity (Wildman–Crippen MR) is 62.2 cm³/mol. The summed E-state index contributed by atoms with van der Waals surface area (Å²) < 4.78 is 4.99. The van der Waals surface area contributed by atoms with Crippen LogP contribution in [0.15, 0.2) is 18.2 Å². The van der Waals surface area contributed by atoms with Crippen molar-refractivity contribution in [2.24, 2.45) is 0 Å². The van der Waals surface area contributed by atoms with Crippen LogP contribution in [-0.4, -0.2) is 24.1 Å². The van der Waals surface area contributed by atoms with Gasteiger partial charge in [-0.05, 0) is 18.2 Å². The summed E-state index contributed by atoms with van der Waals surface area (Å²) in [6.45, 7) is 0. The van der Waals surface area contributed by atoms with Gasteiger partial charge in [-0.1, -0.05) is 11.8 Å². The van der Waals surface area contributed by atoms with Crippen molar-refractivity contribution in [3.8, 4) is 17.6 Å². The molecule has 0 saturated heterocycles. The molecular weight excluding hydrogens is 228 g/mol. The fraction of sp³-hybridized carbons (Fsp3) is 0.250. The Morgan fingerprint density at radius 2 is 2.25 bits per heavy atom. The molecule has 0 amide bonds. The van der Waals surface area contributed by atoms with E-state index in [-0.39, 0.29) is 5.56 Å². The van der Waals surface area contributed by atoms with Crippen LogP contribution in [0.3, 0.4) is 0 Å². The Labute approximate surface area is 99.0 Å². The van der Waals surface area contributed by atoms with Crippen molar-refractivity contribution < 1.29 is 14.6 Å². The minimum Gasteiger partial charge on any atom is -0.497 e. The molecule has 0 fully saturated rings. The van der Waals surface area contributed by atoms with Crippen molar-refractivity contribution in [2.75, 3.05) is 13.0 Å².